The van der Waals surface area contributed by atoms with Crippen molar-refractivity contribution >= 4 is 54.2 Å². The predicted molar refractivity (Wildman–Crippen MR) is 143 cm³/mol. The van der Waals surface area contributed by atoms with Crippen molar-refractivity contribution in [3.05, 3.63) is 84.1 Å². The topological polar surface area (TPSA) is 85.6 Å². The van der Waals surface area contributed by atoms with E-state index in [1.165, 1.54) is 0 Å². The van der Waals surface area contributed by atoms with E-state index in [1.54, 1.807) is 31.2 Å². The normalized spacial score (nSPS) is 11.8. The Morgan fingerprint density at radius 2 is 1.61 bits per heavy atom. The average Bonchev–Trinajstić information content (AvgIpc) is 3.22. The van der Waals surface area contributed by atoms with Crippen LogP contribution in [0.3, 0.4) is 0 Å². The number of hydrogen-bond donors (Lipinski definition) is 1. The number of furan rings is 1. The molecule has 0 amide bonds. The van der Waals surface area contributed by atoms with Gasteiger partial charge in [-0.2, -0.15) is 0 Å². The Hall–Kier alpha value is -3.84. The molecule has 7 heteroatoms. The maximum Gasteiger partial charge on any atom is 0.342 e. The summed E-state index contributed by atoms with van der Waals surface area (Å²) in [6, 6.07) is 21.7. The van der Waals surface area contributed by atoms with Gasteiger partial charge < -0.3 is 9.15 Å². The number of unbranched alkanes of at least 4 members (excludes halogenated alkanes) is 2. The summed E-state index contributed by atoms with van der Waals surface area (Å²) in [5, 5.41) is 3.69. The Labute approximate surface area is 209 Å². The van der Waals surface area contributed by atoms with Gasteiger partial charge >= 0.3 is 5.97 Å². The van der Waals surface area contributed by atoms with E-state index in [0.717, 1.165) is 30.0 Å². The molecule has 0 fully saturated rings. The Morgan fingerprint density at radius 1 is 0.889 bits per heavy atom. The van der Waals surface area contributed by atoms with E-state index in [4.69, 9.17) is 9.15 Å². The standard InChI is InChI=1S/C29H27NO5S/c1-3-4-9-16-34-29(31)27-19(2)35-28-24-13-8-7-12-23(24)26(18-25(27)28)30-36(32,33)22-15-14-20-10-5-6-11-21(20)17-22/h5-8,10-15,17-18,30H,3-4,9,16H2,1-2H3. The molecule has 0 aliphatic rings. The number of fused-ring (bicyclic) bond motifs is 4. The monoisotopic (exact) mass is 501 g/mol. The molecule has 36 heavy (non-hydrogen) atoms. The Kier molecular flexibility index (Phi) is 6.41. The molecule has 0 spiro atoms. The number of rotatable bonds is 8. The van der Waals surface area contributed by atoms with Crippen molar-refractivity contribution in [2.75, 3.05) is 11.3 Å². The second kappa shape index (κ2) is 9.66. The lowest BCUT2D eigenvalue weighted by Gasteiger charge is -2.12. The van der Waals surface area contributed by atoms with Crippen molar-refractivity contribution in [2.24, 2.45) is 0 Å². The third-order valence-corrected chi connectivity index (χ3v) is 7.70. The first kappa shape index (κ1) is 23.9. The molecule has 0 aliphatic carbocycles. The first-order valence-corrected chi connectivity index (χ1v) is 13.5. The van der Waals surface area contributed by atoms with Crippen LogP contribution in [-0.4, -0.2) is 21.0 Å². The number of nitrogens with one attached hydrogen (secondary N) is 1. The van der Waals surface area contributed by atoms with E-state index in [1.807, 2.05) is 48.5 Å². The number of hydrogen-bond acceptors (Lipinski definition) is 5. The summed E-state index contributed by atoms with van der Waals surface area (Å²) in [6.45, 7) is 4.13. The van der Waals surface area contributed by atoms with Crippen LogP contribution in [0.5, 0.6) is 0 Å². The molecule has 0 aliphatic heterocycles. The molecule has 0 bridgehead atoms. The highest BCUT2D eigenvalue weighted by Gasteiger charge is 2.24. The maximum absolute atomic E-state index is 13.4. The molecule has 6 nitrogen and oxygen atoms in total. The lowest BCUT2D eigenvalue weighted by molar-refractivity contribution is 0.0498. The van der Waals surface area contributed by atoms with E-state index >= 15 is 0 Å². The highest BCUT2D eigenvalue weighted by atomic mass is 32.2. The molecule has 5 rings (SSSR count). The Morgan fingerprint density at radius 3 is 2.39 bits per heavy atom. The smallest absolute Gasteiger partial charge is 0.342 e. The van der Waals surface area contributed by atoms with Gasteiger partial charge in [0.1, 0.15) is 16.9 Å². The van der Waals surface area contributed by atoms with Crippen LogP contribution in [0.4, 0.5) is 5.69 Å². The summed E-state index contributed by atoms with van der Waals surface area (Å²) in [5.74, 6) is -0.0360. The van der Waals surface area contributed by atoms with E-state index in [0.29, 0.717) is 45.4 Å². The summed E-state index contributed by atoms with van der Waals surface area (Å²) in [5.41, 5.74) is 1.21. The predicted octanol–water partition coefficient (Wildman–Crippen LogP) is 7.20. The third-order valence-electron chi connectivity index (χ3n) is 6.33. The number of aryl methyl sites for hydroxylation is 1. The van der Waals surface area contributed by atoms with Crippen molar-refractivity contribution in [3.8, 4) is 0 Å². The SMILES string of the molecule is CCCCCOC(=O)c1c(C)oc2c1cc(NS(=O)(=O)c1ccc3ccccc3c1)c1ccccc12. The second-order valence-corrected chi connectivity index (χ2v) is 10.5. The van der Waals surface area contributed by atoms with Crippen LogP contribution in [0.15, 0.2) is 82.1 Å². The maximum atomic E-state index is 13.4. The summed E-state index contributed by atoms with van der Waals surface area (Å²) in [4.78, 5) is 13.1. The zero-order valence-electron chi connectivity index (χ0n) is 20.2. The molecular formula is C29H27NO5S. The van der Waals surface area contributed by atoms with E-state index in [2.05, 4.69) is 11.6 Å². The van der Waals surface area contributed by atoms with Crippen molar-refractivity contribution in [1.82, 2.24) is 0 Å². The number of ether oxygens (including phenoxy) is 1. The fourth-order valence-corrected chi connectivity index (χ4v) is 5.61. The lowest BCUT2D eigenvalue weighted by Crippen LogP contribution is -2.13. The average molecular weight is 502 g/mol. The number of carbonyl (C=O) groups excluding carboxylic acids is 1. The molecule has 184 valence electrons. The second-order valence-electron chi connectivity index (χ2n) is 8.84. The van der Waals surface area contributed by atoms with Crippen LogP contribution in [0.1, 0.15) is 42.3 Å². The summed E-state index contributed by atoms with van der Waals surface area (Å²) >= 11 is 0. The molecular weight excluding hydrogens is 474 g/mol. The summed E-state index contributed by atoms with van der Waals surface area (Å²) in [6.07, 6.45) is 2.79. The van der Waals surface area contributed by atoms with Gasteiger partial charge in [0.25, 0.3) is 10.0 Å². The van der Waals surface area contributed by atoms with Gasteiger partial charge in [0, 0.05) is 16.2 Å². The Balaban J connectivity index is 1.59. The van der Waals surface area contributed by atoms with Gasteiger partial charge in [-0.1, -0.05) is 74.4 Å². The largest absolute Gasteiger partial charge is 0.462 e. The van der Waals surface area contributed by atoms with Crippen molar-refractivity contribution in [3.63, 3.8) is 0 Å². The van der Waals surface area contributed by atoms with Gasteiger partial charge in [0.2, 0.25) is 0 Å². The van der Waals surface area contributed by atoms with Gasteiger partial charge in [-0.3, -0.25) is 4.72 Å². The third kappa shape index (κ3) is 4.42. The molecule has 0 unspecified atom stereocenters. The molecule has 0 saturated carbocycles. The number of anilines is 1. The fourth-order valence-electron chi connectivity index (χ4n) is 4.50. The summed E-state index contributed by atoms with van der Waals surface area (Å²) in [7, 11) is -3.91. The Bertz CT molecular complexity index is 1700. The van der Waals surface area contributed by atoms with Crippen LogP contribution < -0.4 is 4.72 Å². The van der Waals surface area contributed by atoms with Gasteiger partial charge in [0.15, 0.2) is 0 Å². The molecule has 4 aromatic carbocycles. The number of carbonyl (C=O) groups is 1. The van der Waals surface area contributed by atoms with Crippen LogP contribution in [-0.2, 0) is 14.8 Å². The molecule has 5 aromatic rings. The molecule has 1 aromatic heterocycles. The van der Waals surface area contributed by atoms with Crippen LogP contribution in [0, 0.1) is 6.92 Å². The van der Waals surface area contributed by atoms with Gasteiger partial charge in [-0.25, -0.2) is 13.2 Å². The van der Waals surface area contributed by atoms with Crippen molar-refractivity contribution < 1.29 is 22.4 Å². The molecule has 1 N–H and O–H groups in total. The van der Waals surface area contributed by atoms with E-state index < -0.39 is 16.0 Å². The highest BCUT2D eigenvalue weighted by molar-refractivity contribution is 7.92. The minimum absolute atomic E-state index is 0.157. The van der Waals surface area contributed by atoms with E-state index in [9.17, 15) is 13.2 Å². The van der Waals surface area contributed by atoms with Crippen LogP contribution in [0.25, 0.3) is 32.5 Å². The van der Waals surface area contributed by atoms with E-state index in [-0.39, 0.29) is 4.90 Å². The molecule has 1 heterocycles. The lowest BCUT2D eigenvalue weighted by atomic mass is 10.0. The molecule has 0 radical (unpaired) electrons. The first-order chi connectivity index (χ1) is 17.4. The molecule has 0 atom stereocenters. The fraction of sp³-hybridized carbons (Fsp3) is 0.207. The van der Waals surface area contributed by atoms with Gasteiger partial charge in [0.05, 0.1) is 17.2 Å². The number of esters is 1. The summed E-state index contributed by atoms with van der Waals surface area (Å²) < 4.78 is 41.1. The van der Waals surface area contributed by atoms with Gasteiger partial charge in [-0.05, 0) is 42.3 Å². The number of sulfonamides is 1. The quantitative estimate of drug-likeness (QED) is 0.180. The van der Waals surface area contributed by atoms with Crippen molar-refractivity contribution in [1.29, 1.82) is 0 Å². The van der Waals surface area contributed by atoms with Crippen LogP contribution >= 0.6 is 0 Å². The highest BCUT2D eigenvalue weighted by Crippen LogP contribution is 2.38. The first-order valence-electron chi connectivity index (χ1n) is 12.0. The minimum Gasteiger partial charge on any atom is -0.462 e. The zero-order chi connectivity index (χ0) is 25.3. The number of benzene rings is 4. The van der Waals surface area contributed by atoms with Crippen LogP contribution in [0.2, 0.25) is 0 Å². The van der Waals surface area contributed by atoms with Crippen molar-refractivity contribution in [2.45, 2.75) is 38.0 Å². The zero-order valence-corrected chi connectivity index (χ0v) is 21.0. The molecule has 0 saturated heterocycles. The van der Waals surface area contributed by atoms with Gasteiger partial charge in [-0.15, -0.1) is 0 Å². The minimum atomic E-state index is -3.91.